The van der Waals surface area contributed by atoms with Gasteiger partial charge in [0.25, 0.3) is 0 Å². The Morgan fingerprint density at radius 3 is 2.50 bits per heavy atom. The second-order valence-electron chi connectivity index (χ2n) is 4.79. The summed E-state index contributed by atoms with van der Waals surface area (Å²) in [6, 6.07) is 7.58. The first-order valence-electron chi connectivity index (χ1n) is 6.72. The largest absolute Gasteiger partial charge is 0.305 e. The van der Waals surface area contributed by atoms with Gasteiger partial charge in [-0.25, -0.2) is 8.78 Å². The van der Waals surface area contributed by atoms with Gasteiger partial charge in [-0.1, -0.05) is 13.0 Å². The molecule has 0 aliphatic heterocycles. The molecule has 2 aromatic rings. The molecule has 106 valence electrons. The van der Waals surface area contributed by atoms with E-state index in [1.54, 1.807) is 12.1 Å². The Hall–Kier alpha value is -1.81. The molecule has 4 heteroatoms. The van der Waals surface area contributed by atoms with Gasteiger partial charge in [-0.2, -0.15) is 0 Å². The molecule has 0 amide bonds. The first kappa shape index (κ1) is 14.6. The molecule has 1 N–H and O–H groups in total. The topological polar surface area (TPSA) is 24.9 Å². The molecule has 1 heterocycles. The molecule has 0 saturated heterocycles. The zero-order valence-corrected chi connectivity index (χ0v) is 11.7. The Kier molecular flexibility index (Phi) is 4.79. The second kappa shape index (κ2) is 6.57. The molecule has 2 rings (SSSR count). The molecule has 0 aliphatic carbocycles. The minimum Gasteiger partial charge on any atom is -0.305 e. The summed E-state index contributed by atoms with van der Waals surface area (Å²) in [5.74, 6) is -0.619. The van der Waals surface area contributed by atoms with Crippen LogP contribution in [0, 0.1) is 18.6 Å². The molecule has 20 heavy (non-hydrogen) atoms. The fourth-order valence-corrected chi connectivity index (χ4v) is 2.18. The van der Waals surface area contributed by atoms with E-state index in [1.165, 1.54) is 24.4 Å². The van der Waals surface area contributed by atoms with Gasteiger partial charge in [0.05, 0.1) is 17.9 Å². The van der Waals surface area contributed by atoms with E-state index in [0.29, 0.717) is 0 Å². The summed E-state index contributed by atoms with van der Waals surface area (Å²) in [7, 11) is 0. The van der Waals surface area contributed by atoms with Crippen molar-refractivity contribution in [2.45, 2.75) is 26.3 Å². The van der Waals surface area contributed by atoms with Gasteiger partial charge in [-0.3, -0.25) is 4.98 Å². The van der Waals surface area contributed by atoms with Crippen molar-refractivity contribution in [2.24, 2.45) is 0 Å². The van der Waals surface area contributed by atoms with E-state index in [4.69, 9.17) is 0 Å². The van der Waals surface area contributed by atoms with Gasteiger partial charge >= 0.3 is 0 Å². The molecule has 1 aromatic carbocycles. The lowest BCUT2D eigenvalue weighted by Crippen LogP contribution is -2.24. The molecule has 0 bridgehead atoms. The molecule has 0 radical (unpaired) electrons. The summed E-state index contributed by atoms with van der Waals surface area (Å²) in [5, 5.41) is 3.37. The Morgan fingerprint density at radius 2 is 1.90 bits per heavy atom. The average molecular weight is 276 g/mol. The fraction of sp³-hybridized carbons (Fsp3) is 0.312. The van der Waals surface area contributed by atoms with E-state index in [0.717, 1.165) is 29.8 Å². The first-order chi connectivity index (χ1) is 9.61. The normalized spacial score (nSPS) is 12.4. The average Bonchev–Trinajstić information content (AvgIpc) is 2.42. The molecular weight excluding hydrogens is 258 g/mol. The standard InChI is InChI=1S/C16H18F2N2/c1-3-8-19-16(15-7-5-13(18)10-20-15)14-6-4-12(17)9-11(14)2/h4-7,9-10,16,19H,3,8H2,1-2H3. The van der Waals surface area contributed by atoms with Crippen LogP contribution >= 0.6 is 0 Å². The molecule has 0 aliphatic rings. The number of nitrogens with one attached hydrogen (secondary N) is 1. The lowest BCUT2D eigenvalue weighted by molar-refractivity contribution is 0.571. The van der Waals surface area contributed by atoms with E-state index in [-0.39, 0.29) is 17.7 Å². The van der Waals surface area contributed by atoms with Crippen LogP contribution in [0.15, 0.2) is 36.5 Å². The van der Waals surface area contributed by atoms with E-state index < -0.39 is 0 Å². The van der Waals surface area contributed by atoms with Crippen LogP contribution in [0.2, 0.25) is 0 Å². The Labute approximate surface area is 117 Å². The Morgan fingerprint density at radius 1 is 1.15 bits per heavy atom. The number of benzene rings is 1. The summed E-state index contributed by atoms with van der Waals surface area (Å²) >= 11 is 0. The second-order valence-corrected chi connectivity index (χ2v) is 4.79. The number of pyridine rings is 1. The highest BCUT2D eigenvalue weighted by Gasteiger charge is 2.17. The quantitative estimate of drug-likeness (QED) is 0.899. The van der Waals surface area contributed by atoms with Crippen LogP contribution in [0.25, 0.3) is 0 Å². The van der Waals surface area contributed by atoms with Crippen LogP contribution in [-0.2, 0) is 0 Å². The third kappa shape index (κ3) is 3.39. The summed E-state index contributed by atoms with van der Waals surface area (Å²) in [6.07, 6.45) is 2.17. The van der Waals surface area contributed by atoms with E-state index in [1.807, 2.05) is 6.92 Å². The zero-order valence-electron chi connectivity index (χ0n) is 11.7. The van der Waals surface area contributed by atoms with Gasteiger partial charge in [0.2, 0.25) is 0 Å². The molecule has 2 nitrogen and oxygen atoms in total. The zero-order chi connectivity index (χ0) is 14.5. The van der Waals surface area contributed by atoms with Gasteiger partial charge < -0.3 is 5.32 Å². The van der Waals surface area contributed by atoms with Crippen molar-refractivity contribution in [2.75, 3.05) is 6.54 Å². The van der Waals surface area contributed by atoms with Crippen LogP contribution in [-0.4, -0.2) is 11.5 Å². The number of nitrogens with zero attached hydrogens (tertiary/aromatic N) is 1. The third-order valence-corrected chi connectivity index (χ3v) is 3.19. The minimum absolute atomic E-state index is 0.156. The molecule has 1 aromatic heterocycles. The highest BCUT2D eigenvalue weighted by molar-refractivity contribution is 5.34. The maximum Gasteiger partial charge on any atom is 0.141 e. The SMILES string of the molecule is CCCNC(c1ccc(F)cn1)c1ccc(F)cc1C. The molecule has 1 unspecified atom stereocenters. The number of hydrogen-bond donors (Lipinski definition) is 1. The van der Waals surface area contributed by atoms with Gasteiger partial charge in [0, 0.05) is 0 Å². The monoisotopic (exact) mass is 276 g/mol. The summed E-state index contributed by atoms with van der Waals surface area (Å²) in [4.78, 5) is 4.14. The first-order valence-corrected chi connectivity index (χ1v) is 6.72. The van der Waals surface area contributed by atoms with E-state index >= 15 is 0 Å². The maximum atomic E-state index is 13.2. The molecule has 0 saturated carbocycles. The third-order valence-electron chi connectivity index (χ3n) is 3.19. The predicted molar refractivity (Wildman–Crippen MR) is 75.5 cm³/mol. The number of halogens is 2. The van der Waals surface area contributed by atoms with Crippen molar-refractivity contribution in [3.63, 3.8) is 0 Å². The summed E-state index contributed by atoms with van der Waals surface area (Å²) in [6.45, 7) is 4.74. The number of aromatic nitrogens is 1. The van der Waals surface area contributed by atoms with Crippen LogP contribution in [0.3, 0.4) is 0 Å². The van der Waals surface area contributed by atoms with E-state index in [9.17, 15) is 8.78 Å². The Bertz CT molecular complexity index is 567. The van der Waals surface area contributed by atoms with Gasteiger partial charge in [0.15, 0.2) is 0 Å². The van der Waals surface area contributed by atoms with Gasteiger partial charge in [-0.05, 0) is 55.3 Å². The minimum atomic E-state index is -0.362. The molecular formula is C16H18F2N2. The maximum absolute atomic E-state index is 13.2. The predicted octanol–water partition coefficient (Wildman–Crippen LogP) is 3.76. The van der Waals surface area contributed by atoms with Crippen LogP contribution in [0.1, 0.15) is 36.2 Å². The van der Waals surface area contributed by atoms with Gasteiger partial charge in [0.1, 0.15) is 11.6 Å². The number of aryl methyl sites for hydroxylation is 1. The summed E-state index contributed by atoms with van der Waals surface area (Å²) in [5.41, 5.74) is 2.54. The van der Waals surface area contributed by atoms with Crippen LogP contribution in [0.5, 0.6) is 0 Å². The van der Waals surface area contributed by atoms with Crippen molar-refractivity contribution in [1.82, 2.24) is 10.3 Å². The summed E-state index contributed by atoms with van der Waals surface area (Å²) < 4.78 is 26.2. The van der Waals surface area contributed by atoms with Crippen LogP contribution < -0.4 is 5.32 Å². The van der Waals surface area contributed by atoms with Crippen molar-refractivity contribution < 1.29 is 8.78 Å². The van der Waals surface area contributed by atoms with Crippen LogP contribution in [0.4, 0.5) is 8.78 Å². The lowest BCUT2D eigenvalue weighted by Gasteiger charge is -2.20. The lowest BCUT2D eigenvalue weighted by atomic mass is 9.98. The van der Waals surface area contributed by atoms with E-state index in [2.05, 4.69) is 17.2 Å². The number of hydrogen-bond acceptors (Lipinski definition) is 2. The fourth-order valence-electron chi connectivity index (χ4n) is 2.18. The highest BCUT2D eigenvalue weighted by atomic mass is 19.1. The van der Waals surface area contributed by atoms with Crippen molar-refractivity contribution in [3.8, 4) is 0 Å². The molecule has 0 spiro atoms. The van der Waals surface area contributed by atoms with Crippen molar-refractivity contribution in [3.05, 3.63) is 65.0 Å². The van der Waals surface area contributed by atoms with Crippen molar-refractivity contribution in [1.29, 1.82) is 0 Å². The number of rotatable bonds is 5. The molecule has 0 fully saturated rings. The Balaban J connectivity index is 2.38. The smallest absolute Gasteiger partial charge is 0.141 e. The van der Waals surface area contributed by atoms with Gasteiger partial charge in [-0.15, -0.1) is 0 Å². The highest BCUT2D eigenvalue weighted by Crippen LogP contribution is 2.24. The van der Waals surface area contributed by atoms with Crippen molar-refractivity contribution >= 4 is 0 Å². The molecule has 1 atom stereocenters.